The van der Waals surface area contributed by atoms with Gasteiger partial charge in [0.05, 0.1) is 27.3 Å². The molecule has 0 saturated heterocycles. The van der Waals surface area contributed by atoms with Gasteiger partial charge in [-0.25, -0.2) is 0 Å². The first-order valence-corrected chi connectivity index (χ1v) is 5.90. The Morgan fingerprint density at radius 1 is 1.04 bits per heavy atom. The Hall–Kier alpha value is -2.86. The van der Waals surface area contributed by atoms with E-state index in [1.807, 2.05) is 0 Å². The van der Waals surface area contributed by atoms with E-state index in [4.69, 9.17) is 0 Å². The zero-order valence-corrected chi connectivity index (χ0v) is 11.1. The summed E-state index contributed by atoms with van der Waals surface area (Å²) in [4.78, 5) is 32.7. The van der Waals surface area contributed by atoms with Gasteiger partial charge in [-0.3, -0.25) is 25.0 Å². The summed E-state index contributed by atoms with van der Waals surface area (Å²) in [5, 5.41) is 13.6. The standard InChI is InChI=1S/C11H5F6N3O4/c12-10(13,14)3-1-4(11(15,16)17)6-5(2-3)18-9(22)7(20(23)24)19-8(6)21/h1-2,7H,(H,18,22)(H,19,21). The van der Waals surface area contributed by atoms with Gasteiger partial charge in [-0.2, -0.15) is 26.3 Å². The third kappa shape index (κ3) is 3.09. The van der Waals surface area contributed by atoms with Crippen LogP contribution < -0.4 is 10.6 Å². The lowest BCUT2D eigenvalue weighted by atomic mass is 10.00. The number of nitrogens with one attached hydrogen (secondary N) is 2. The molecule has 2 N–H and O–H groups in total. The van der Waals surface area contributed by atoms with Gasteiger partial charge < -0.3 is 5.32 Å². The van der Waals surface area contributed by atoms with Crippen molar-refractivity contribution in [1.29, 1.82) is 0 Å². The highest BCUT2D eigenvalue weighted by Crippen LogP contribution is 2.41. The molecular weight excluding hydrogens is 352 g/mol. The van der Waals surface area contributed by atoms with Crippen LogP contribution in [-0.2, 0) is 17.1 Å². The maximum Gasteiger partial charge on any atom is 0.417 e. The van der Waals surface area contributed by atoms with E-state index in [2.05, 4.69) is 0 Å². The second-order valence-corrected chi connectivity index (χ2v) is 4.59. The predicted molar refractivity (Wildman–Crippen MR) is 63.3 cm³/mol. The number of alkyl halides is 6. The van der Waals surface area contributed by atoms with Gasteiger partial charge in [0.25, 0.3) is 5.91 Å². The second-order valence-electron chi connectivity index (χ2n) is 4.59. The maximum absolute atomic E-state index is 13.0. The van der Waals surface area contributed by atoms with Crippen molar-refractivity contribution in [2.45, 2.75) is 18.5 Å². The average molecular weight is 357 g/mol. The Bertz CT molecular complexity index is 743. The predicted octanol–water partition coefficient (Wildman–Crippen LogP) is 2.01. The summed E-state index contributed by atoms with van der Waals surface area (Å²) in [6.45, 7) is 0. The quantitative estimate of drug-likeness (QED) is 0.456. The van der Waals surface area contributed by atoms with Crippen LogP contribution in [0.5, 0.6) is 0 Å². The second kappa shape index (κ2) is 5.35. The zero-order valence-electron chi connectivity index (χ0n) is 11.1. The summed E-state index contributed by atoms with van der Waals surface area (Å²) in [5.41, 5.74) is -6.22. The van der Waals surface area contributed by atoms with Gasteiger partial charge in [0.15, 0.2) is 0 Å². The first kappa shape index (κ1) is 17.5. The lowest BCUT2D eigenvalue weighted by molar-refractivity contribution is -0.510. The molecule has 1 heterocycles. The van der Waals surface area contributed by atoms with E-state index in [1.165, 1.54) is 5.32 Å². The summed E-state index contributed by atoms with van der Waals surface area (Å²) in [5.74, 6) is -3.29. The molecule has 0 saturated carbocycles. The van der Waals surface area contributed by atoms with Crippen LogP contribution in [0.3, 0.4) is 0 Å². The molecule has 24 heavy (non-hydrogen) atoms. The molecule has 0 fully saturated rings. The molecule has 1 unspecified atom stereocenters. The molecular formula is C11H5F6N3O4. The van der Waals surface area contributed by atoms with Crippen LogP contribution in [0.4, 0.5) is 32.0 Å². The number of rotatable bonds is 1. The molecule has 2 amide bonds. The number of fused-ring (bicyclic) bond motifs is 1. The lowest BCUT2D eigenvalue weighted by Gasteiger charge is -2.17. The third-order valence-corrected chi connectivity index (χ3v) is 2.98. The number of halogens is 6. The average Bonchev–Trinajstić information content (AvgIpc) is 2.52. The summed E-state index contributed by atoms with van der Waals surface area (Å²) < 4.78 is 77.2. The highest BCUT2D eigenvalue weighted by Gasteiger charge is 2.45. The van der Waals surface area contributed by atoms with Crippen LogP contribution in [0.1, 0.15) is 21.5 Å². The van der Waals surface area contributed by atoms with Crippen molar-refractivity contribution in [3.8, 4) is 0 Å². The molecule has 0 aliphatic carbocycles. The van der Waals surface area contributed by atoms with Gasteiger partial charge >= 0.3 is 24.4 Å². The zero-order chi connectivity index (χ0) is 18.4. The van der Waals surface area contributed by atoms with Crippen LogP contribution in [0.15, 0.2) is 12.1 Å². The van der Waals surface area contributed by atoms with Crippen molar-refractivity contribution in [2.24, 2.45) is 0 Å². The summed E-state index contributed by atoms with van der Waals surface area (Å²) in [6, 6.07) is -0.207. The first-order valence-electron chi connectivity index (χ1n) is 5.90. The van der Waals surface area contributed by atoms with E-state index in [-0.39, 0.29) is 12.1 Å². The molecule has 1 aliphatic rings. The monoisotopic (exact) mass is 357 g/mol. The van der Waals surface area contributed by atoms with Crippen LogP contribution in [-0.4, -0.2) is 22.9 Å². The Morgan fingerprint density at radius 2 is 1.62 bits per heavy atom. The number of nitro groups is 1. The number of carbonyl (C=O) groups excluding carboxylic acids is 2. The van der Waals surface area contributed by atoms with Gasteiger partial charge in [-0.15, -0.1) is 0 Å². The lowest BCUT2D eigenvalue weighted by Crippen LogP contribution is -2.46. The number of amides is 2. The van der Waals surface area contributed by atoms with Crippen molar-refractivity contribution in [2.75, 3.05) is 5.32 Å². The van der Waals surface area contributed by atoms with Crippen molar-refractivity contribution in [3.05, 3.63) is 38.9 Å². The number of hydrogen-bond donors (Lipinski definition) is 2. The topological polar surface area (TPSA) is 101 Å². The molecule has 0 bridgehead atoms. The number of hydrogen-bond acceptors (Lipinski definition) is 4. The van der Waals surface area contributed by atoms with Crippen LogP contribution in [0.2, 0.25) is 0 Å². The molecule has 0 aromatic heterocycles. The molecule has 0 radical (unpaired) electrons. The van der Waals surface area contributed by atoms with E-state index in [1.54, 1.807) is 5.32 Å². The van der Waals surface area contributed by atoms with Gasteiger partial charge in [0.2, 0.25) is 0 Å². The molecule has 7 nitrogen and oxygen atoms in total. The first-order chi connectivity index (χ1) is 10.8. The summed E-state index contributed by atoms with van der Waals surface area (Å²) in [7, 11) is 0. The highest BCUT2D eigenvalue weighted by atomic mass is 19.4. The Balaban J connectivity index is 2.74. The van der Waals surface area contributed by atoms with Crippen molar-refractivity contribution < 1.29 is 40.9 Å². The molecule has 130 valence electrons. The van der Waals surface area contributed by atoms with Gasteiger partial charge in [0, 0.05) is 0 Å². The van der Waals surface area contributed by atoms with Gasteiger partial charge in [0.1, 0.15) is 0 Å². The van der Waals surface area contributed by atoms with Crippen molar-refractivity contribution in [3.63, 3.8) is 0 Å². The van der Waals surface area contributed by atoms with Crippen molar-refractivity contribution in [1.82, 2.24) is 5.32 Å². The summed E-state index contributed by atoms with van der Waals surface area (Å²) >= 11 is 0. The Morgan fingerprint density at radius 3 is 2.08 bits per heavy atom. The van der Waals surface area contributed by atoms with E-state index in [0.29, 0.717) is 0 Å². The van der Waals surface area contributed by atoms with Crippen LogP contribution >= 0.6 is 0 Å². The molecule has 2 rings (SSSR count). The number of anilines is 1. The summed E-state index contributed by atoms with van der Waals surface area (Å²) in [6.07, 6.45) is -13.0. The number of benzene rings is 1. The largest absolute Gasteiger partial charge is 0.417 e. The van der Waals surface area contributed by atoms with Gasteiger partial charge in [-0.05, 0) is 12.1 Å². The van der Waals surface area contributed by atoms with E-state index in [9.17, 15) is 46.0 Å². The molecule has 1 atom stereocenters. The van der Waals surface area contributed by atoms with E-state index < -0.39 is 57.6 Å². The SMILES string of the molecule is O=C1NC([N+](=O)[O-])C(=O)Nc2cc(C(F)(F)F)cc(C(F)(F)F)c21. The third-order valence-electron chi connectivity index (χ3n) is 2.98. The van der Waals surface area contributed by atoms with E-state index in [0.717, 1.165) is 0 Å². The minimum absolute atomic E-state index is 0.102. The highest BCUT2D eigenvalue weighted by molar-refractivity contribution is 6.10. The molecule has 13 heteroatoms. The molecule has 1 aromatic rings. The fourth-order valence-corrected chi connectivity index (χ4v) is 1.98. The maximum atomic E-state index is 13.0. The normalized spacial score (nSPS) is 18.3. The Kier molecular flexibility index (Phi) is 3.90. The van der Waals surface area contributed by atoms with Crippen molar-refractivity contribution >= 4 is 17.5 Å². The minimum atomic E-state index is -5.37. The smallest absolute Gasteiger partial charge is 0.318 e. The van der Waals surface area contributed by atoms with Crippen LogP contribution in [0, 0.1) is 10.1 Å². The molecule has 1 aliphatic heterocycles. The molecule has 0 spiro atoms. The number of carbonyl (C=O) groups is 2. The Labute approximate surface area is 127 Å². The molecule has 1 aromatic carbocycles. The fraction of sp³-hybridized carbons (Fsp3) is 0.273. The van der Waals surface area contributed by atoms with Crippen LogP contribution in [0.25, 0.3) is 0 Å². The number of nitrogens with zero attached hydrogens (tertiary/aromatic N) is 1. The van der Waals surface area contributed by atoms with Gasteiger partial charge in [-0.1, -0.05) is 0 Å². The fourth-order valence-electron chi connectivity index (χ4n) is 1.98. The minimum Gasteiger partial charge on any atom is -0.318 e. The van der Waals surface area contributed by atoms with E-state index >= 15 is 0 Å².